The second-order valence-corrected chi connectivity index (χ2v) is 3.38. The molecule has 0 spiro atoms. The van der Waals surface area contributed by atoms with Gasteiger partial charge in [-0.05, 0) is 29.5 Å². The first-order chi connectivity index (χ1) is 3.13. The Morgan fingerprint density at radius 1 is 1.57 bits per heavy atom. The Morgan fingerprint density at radius 3 is 2.00 bits per heavy atom. The van der Waals surface area contributed by atoms with E-state index in [0.717, 1.165) is 0 Å². The van der Waals surface area contributed by atoms with Crippen LogP contribution in [0.1, 0.15) is 6.92 Å². The van der Waals surface area contributed by atoms with Gasteiger partial charge in [-0.1, -0.05) is 0 Å². The standard InChI is InChI=1S/C5H10IN/c1-5(6)4-7(2)3/h4H,1-3H3/b5-4+. The van der Waals surface area contributed by atoms with E-state index in [9.17, 15) is 0 Å². The number of hydrogen-bond donors (Lipinski definition) is 0. The van der Waals surface area contributed by atoms with Crippen LogP contribution in [0.5, 0.6) is 0 Å². The number of halogens is 1. The lowest BCUT2D eigenvalue weighted by Crippen LogP contribution is -2.00. The zero-order valence-electron chi connectivity index (χ0n) is 4.90. The second kappa shape index (κ2) is 3.29. The third-order valence-electron chi connectivity index (χ3n) is 0.436. The lowest BCUT2D eigenvalue weighted by molar-refractivity contribution is 0.562. The summed E-state index contributed by atoms with van der Waals surface area (Å²) in [5.74, 6) is 0. The highest BCUT2D eigenvalue weighted by Crippen LogP contribution is 2.01. The van der Waals surface area contributed by atoms with Crippen LogP contribution in [-0.4, -0.2) is 19.0 Å². The largest absolute Gasteiger partial charge is 0.383 e. The van der Waals surface area contributed by atoms with Crippen LogP contribution in [-0.2, 0) is 0 Å². The van der Waals surface area contributed by atoms with Crippen LogP contribution >= 0.6 is 22.6 Å². The number of hydrogen-bond acceptors (Lipinski definition) is 1. The minimum atomic E-state index is 1.31. The highest BCUT2D eigenvalue weighted by molar-refractivity contribution is 14.1. The molecule has 0 amide bonds. The zero-order valence-corrected chi connectivity index (χ0v) is 7.06. The Labute approximate surface area is 58.5 Å². The second-order valence-electron chi connectivity index (χ2n) is 1.68. The topological polar surface area (TPSA) is 3.24 Å². The molecule has 0 aliphatic carbocycles. The average Bonchev–Trinajstić information content (AvgIpc) is 1.27. The van der Waals surface area contributed by atoms with Gasteiger partial charge in [0.25, 0.3) is 0 Å². The summed E-state index contributed by atoms with van der Waals surface area (Å²) in [6.45, 7) is 2.07. The summed E-state index contributed by atoms with van der Waals surface area (Å²) in [7, 11) is 4.03. The maximum atomic E-state index is 2.28. The van der Waals surface area contributed by atoms with Crippen molar-refractivity contribution in [3.05, 3.63) is 9.78 Å². The summed E-state index contributed by atoms with van der Waals surface area (Å²) in [6.07, 6.45) is 2.07. The Kier molecular flexibility index (Phi) is 3.42. The third-order valence-corrected chi connectivity index (χ3v) is 0.715. The maximum Gasteiger partial charge on any atom is 0.00763 e. The molecule has 0 rings (SSSR count). The van der Waals surface area contributed by atoms with Crippen molar-refractivity contribution < 1.29 is 0 Å². The average molecular weight is 211 g/mol. The van der Waals surface area contributed by atoms with Gasteiger partial charge in [-0.15, -0.1) is 0 Å². The molecule has 0 aromatic carbocycles. The molecule has 0 aromatic rings. The van der Waals surface area contributed by atoms with Crippen LogP contribution in [0.2, 0.25) is 0 Å². The van der Waals surface area contributed by atoms with Crippen molar-refractivity contribution in [3.8, 4) is 0 Å². The van der Waals surface area contributed by atoms with Crippen LogP contribution in [0, 0.1) is 0 Å². The summed E-state index contributed by atoms with van der Waals surface area (Å²) in [5.41, 5.74) is 0. The first-order valence-electron chi connectivity index (χ1n) is 2.13. The molecule has 0 saturated carbocycles. The van der Waals surface area contributed by atoms with Gasteiger partial charge in [-0.2, -0.15) is 0 Å². The van der Waals surface area contributed by atoms with Gasteiger partial charge in [0.15, 0.2) is 0 Å². The Hall–Kier alpha value is 0.270. The number of allylic oxidation sites excluding steroid dienone is 1. The summed E-state index contributed by atoms with van der Waals surface area (Å²) < 4.78 is 1.31. The van der Waals surface area contributed by atoms with E-state index in [-0.39, 0.29) is 0 Å². The number of nitrogens with zero attached hydrogens (tertiary/aromatic N) is 1. The van der Waals surface area contributed by atoms with Gasteiger partial charge in [-0.25, -0.2) is 0 Å². The van der Waals surface area contributed by atoms with Crippen LogP contribution in [0.25, 0.3) is 0 Å². The lowest BCUT2D eigenvalue weighted by Gasteiger charge is -2.02. The monoisotopic (exact) mass is 211 g/mol. The summed E-state index contributed by atoms with van der Waals surface area (Å²) in [4.78, 5) is 2.03. The highest BCUT2D eigenvalue weighted by Gasteiger charge is 1.77. The molecule has 0 saturated heterocycles. The minimum Gasteiger partial charge on any atom is -0.383 e. The van der Waals surface area contributed by atoms with Gasteiger partial charge in [0.05, 0.1) is 0 Å². The van der Waals surface area contributed by atoms with Crippen molar-refractivity contribution in [2.24, 2.45) is 0 Å². The van der Waals surface area contributed by atoms with E-state index in [4.69, 9.17) is 0 Å². The molecule has 0 aliphatic rings. The Bertz CT molecular complexity index is 72.1. The first-order valence-corrected chi connectivity index (χ1v) is 3.21. The van der Waals surface area contributed by atoms with Gasteiger partial charge >= 0.3 is 0 Å². The summed E-state index contributed by atoms with van der Waals surface area (Å²) in [5, 5.41) is 0. The number of rotatable bonds is 1. The highest BCUT2D eigenvalue weighted by atomic mass is 127. The molecule has 0 heterocycles. The SMILES string of the molecule is C/C(I)=C\N(C)C. The van der Waals surface area contributed by atoms with Crippen LogP contribution in [0.4, 0.5) is 0 Å². The fourth-order valence-corrected chi connectivity index (χ4v) is 0.913. The van der Waals surface area contributed by atoms with Gasteiger partial charge in [0.2, 0.25) is 0 Å². The maximum absolute atomic E-state index is 2.28. The molecule has 0 radical (unpaired) electrons. The minimum absolute atomic E-state index is 1.31. The first kappa shape index (κ1) is 7.27. The van der Waals surface area contributed by atoms with E-state index in [1.54, 1.807) is 0 Å². The third kappa shape index (κ3) is 6.27. The van der Waals surface area contributed by atoms with Crippen molar-refractivity contribution >= 4 is 22.6 Å². The van der Waals surface area contributed by atoms with E-state index in [0.29, 0.717) is 0 Å². The van der Waals surface area contributed by atoms with Crippen LogP contribution in [0.3, 0.4) is 0 Å². The van der Waals surface area contributed by atoms with E-state index in [1.165, 1.54) is 3.58 Å². The normalized spacial score (nSPS) is 11.7. The predicted octanol–water partition coefficient (Wildman–Crippen LogP) is 1.84. The molecule has 7 heavy (non-hydrogen) atoms. The lowest BCUT2D eigenvalue weighted by atomic mass is 10.7. The van der Waals surface area contributed by atoms with E-state index in [2.05, 4.69) is 35.7 Å². The van der Waals surface area contributed by atoms with Gasteiger partial charge in [0, 0.05) is 23.9 Å². The molecule has 2 heteroatoms. The van der Waals surface area contributed by atoms with Gasteiger partial charge in [-0.3, -0.25) is 0 Å². The van der Waals surface area contributed by atoms with Crippen molar-refractivity contribution in [1.29, 1.82) is 0 Å². The molecular weight excluding hydrogens is 201 g/mol. The smallest absolute Gasteiger partial charge is 0.00763 e. The quantitative estimate of drug-likeness (QED) is 0.598. The molecule has 0 atom stereocenters. The fourth-order valence-electron chi connectivity index (χ4n) is 0.356. The molecule has 0 aliphatic heterocycles. The Balaban J connectivity index is 3.45. The summed E-state index contributed by atoms with van der Waals surface area (Å²) in [6, 6.07) is 0. The molecule has 0 unspecified atom stereocenters. The van der Waals surface area contributed by atoms with Gasteiger partial charge in [0.1, 0.15) is 0 Å². The molecule has 0 N–H and O–H groups in total. The van der Waals surface area contributed by atoms with Crippen molar-refractivity contribution in [3.63, 3.8) is 0 Å². The van der Waals surface area contributed by atoms with Crippen LogP contribution < -0.4 is 0 Å². The van der Waals surface area contributed by atoms with E-state index >= 15 is 0 Å². The van der Waals surface area contributed by atoms with Crippen molar-refractivity contribution in [2.75, 3.05) is 14.1 Å². The Morgan fingerprint density at radius 2 is 2.00 bits per heavy atom. The molecule has 0 aromatic heterocycles. The molecule has 0 bridgehead atoms. The molecule has 0 fully saturated rings. The van der Waals surface area contributed by atoms with Gasteiger partial charge < -0.3 is 4.90 Å². The van der Waals surface area contributed by atoms with Crippen molar-refractivity contribution in [2.45, 2.75) is 6.92 Å². The molecule has 1 nitrogen and oxygen atoms in total. The molecule has 42 valence electrons. The molecular formula is C5H10IN. The van der Waals surface area contributed by atoms with E-state index in [1.807, 2.05) is 19.0 Å². The van der Waals surface area contributed by atoms with Crippen molar-refractivity contribution in [1.82, 2.24) is 4.90 Å². The van der Waals surface area contributed by atoms with Crippen LogP contribution in [0.15, 0.2) is 9.78 Å². The van der Waals surface area contributed by atoms with E-state index < -0.39 is 0 Å². The summed E-state index contributed by atoms with van der Waals surface area (Å²) >= 11 is 2.28. The predicted molar refractivity (Wildman–Crippen MR) is 41.5 cm³/mol. The fraction of sp³-hybridized carbons (Fsp3) is 0.600. The zero-order chi connectivity index (χ0) is 5.86.